The lowest BCUT2D eigenvalue weighted by Crippen LogP contribution is -2.34. The maximum atomic E-state index is 13.1. The highest BCUT2D eigenvalue weighted by molar-refractivity contribution is 5.36. The number of nitrogens with zero attached hydrogens (tertiary/aromatic N) is 2. The fraction of sp³-hybridized carbons (Fsp3) is 0.556. The Bertz CT molecular complexity index is 828. The Kier molecular flexibility index (Phi) is 7.62. The van der Waals surface area contributed by atoms with Crippen molar-refractivity contribution in [2.75, 3.05) is 32.8 Å². The van der Waals surface area contributed by atoms with E-state index in [1.54, 1.807) is 12.1 Å². The quantitative estimate of drug-likeness (QED) is 0.536. The lowest BCUT2D eigenvalue weighted by Gasteiger charge is -2.32. The van der Waals surface area contributed by atoms with Crippen molar-refractivity contribution < 1.29 is 9.13 Å². The zero-order chi connectivity index (χ0) is 21.6. The predicted octanol–water partition coefficient (Wildman–Crippen LogP) is 5.63. The molecule has 31 heavy (non-hydrogen) atoms. The van der Waals surface area contributed by atoms with Crippen LogP contribution >= 0.6 is 0 Å². The van der Waals surface area contributed by atoms with Crippen LogP contribution in [0.4, 0.5) is 4.39 Å². The van der Waals surface area contributed by atoms with Gasteiger partial charge in [0.1, 0.15) is 11.6 Å². The molecular formula is C27H37FN2O. The van der Waals surface area contributed by atoms with Gasteiger partial charge in [-0.05, 0) is 112 Å². The molecule has 0 radical (unpaired) electrons. The van der Waals surface area contributed by atoms with Crippen LogP contribution in [-0.4, -0.2) is 48.6 Å². The summed E-state index contributed by atoms with van der Waals surface area (Å²) in [7, 11) is 0. The van der Waals surface area contributed by atoms with Crippen molar-refractivity contribution in [1.29, 1.82) is 0 Å². The molecular weight excluding hydrogens is 387 g/mol. The van der Waals surface area contributed by atoms with E-state index in [0.717, 1.165) is 57.8 Å². The summed E-state index contributed by atoms with van der Waals surface area (Å²) in [6, 6.07) is 14.3. The van der Waals surface area contributed by atoms with Crippen LogP contribution in [0.3, 0.4) is 0 Å². The predicted molar refractivity (Wildman–Crippen MR) is 125 cm³/mol. The van der Waals surface area contributed by atoms with Crippen molar-refractivity contribution in [3.8, 4) is 5.75 Å². The first-order chi connectivity index (χ1) is 15.1. The molecule has 1 saturated heterocycles. The van der Waals surface area contributed by atoms with Gasteiger partial charge in [0.15, 0.2) is 0 Å². The number of hydrogen-bond acceptors (Lipinski definition) is 3. The number of piperidine rings is 1. The van der Waals surface area contributed by atoms with Crippen molar-refractivity contribution in [3.05, 3.63) is 65.0 Å². The third kappa shape index (κ3) is 6.08. The summed E-state index contributed by atoms with van der Waals surface area (Å²) in [6.45, 7) is 10.9. The molecule has 3 nitrogen and oxygen atoms in total. The van der Waals surface area contributed by atoms with E-state index < -0.39 is 0 Å². The summed E-state index contributed by atoms with van der Waals surface area (Å²) in [4.78, 5) is 5.10. The molecule has 2 aromatic carbocycles. The Morgan fingerprint density at radius 1 is 1.00 bits per heavy atom. The van der Waals surface area contributed by atoms with E-state index in [-0.39, 0.29) is 5.82 Å². The number of likely N-dealkylation sites (tertiary alicyclic amines) is 1. The highest BCUT2D eigenvalue weighted by Gasteiger charge is 2.20. The van der Waals surface area contributed by atoms with E-state index in [9.17, 15) is 4.39 Å². The van der Waals surface area contributed by atoms with E-state index in [0.29, 0.717) is 12.0 Å². The normalized spacial score (nSPS) is 18.7. The average molecular weight is 425 g/mol. The molecule has 0 amide bonds. The zero-order valence-electron chi connectivity index (χ0n) is 19.2. The van der Waals surface area contributed by atoms with Gasteiger partial charge in [-0.15, -0.1) is 0 Å². The summed E-state index contributed by atoms with van der Waals surface area (Å²) in [6.07, 6.45) is 5.78. The molecule has 1 fully saturated rings. The third-order valence-corrected chi connectivity index (χ3v) is 6.99. The lowest BCUT2D eigenvalue weighted by atomic mass is 9.89. The van der Waals surface area contributed by atoms with Crippen LogP contribution in [-0.2, 0) is 13.0 Å². The van der Waals surface area contributed by atoms with Gasteiger partial charge >= 0.3 is 0 Å². The van der Waals surface area contributed by atoms with Crippen LogP contribution in [0.1, 0.15) is 62.1 Å². The molecule has 0 aliphatic carbocycles. The molecule has 4 heteroatoms. The lowest BCUT2D eigenvalue weighted by molar-refractivity contribution is 0.192. The molecule has 2 heterocycles. The fourth-order valence-corrected chi connectivity index (χ4v) is 5.00. The van der Waals surface area contributed by atoms with Crippen LogP contribution < -0.4 is 4.74 Å². The first-order valence-corrected chi connectivity index (χ1v) is 12.0. The van der Waals surface area contributed by atoms with Crippen LogP contribution in [0.15, 0.2) is 42.5 Å². The molecule has 0 spiro atoms. The van der Waals surface area contributed by atoms with Gasteiger partial charge in [-0.25, -0.2) is 4.39 Å². The number of rotatable bonds is 7. The molecule has 2 aliphatic rings. The number of aryl methyl sites for hydroxylation is 1. The monoisotopic (exact) mass is 424 g/mol. The molecule has 0 aromatic heterocycles. The topological polar surface area (TPSA) is 15.7 Å². The minimum Gasteiger partial charge on any atom is -0.494 e. The average Bonchev–Trinajstić information content (AvgIpc) is 3.00. The van der Waals surface area contributed by atoms with Crippen molar-refractivity contribution in [3.63, 3.8) is 0 Å². The van der Waals surface area contributed by atoms with E-state index in [1.807, 2.05) is 12.1 Å². The second-order valence-corrected chi connectivity index (χ2v) is 9.47. The Morgan fingerprint density at radius 3 is 2.52 bits per heavy atom. The Morgan fingerprint density at radius 2 is 1.77 bits per heavy atom. The SMILES string of the molecule is CC(C)N1CCCc2ccc(OCCCN3CCC(c4ccc(F)cc4)CC3)cc2C1. The first kappa shape index (κ1) is 22.3. The standard InChI is InChI=1S/C27H37FN2O/c1-21(2)30-15-3-5-22-8-11-27(19-25(22)20-30)31-18-4-14-29-16-12-24(13-17-29)23-6-9-26(28)10-7-23/h6-11,19,21,24H,3-5,12-18,20H2,1-2H3. The molecule has 0 N–H and O–H groups in total. The number of halogens is 1. The maximum absolute atomic E-state index is 13.1. The van der Waals surface area contributed by atoms with Gasteiger partial charge in [0, 0.05) is 19.1 Å². The van der Waals surface area contributed by atoms with Crippen molar-refractivity contribution in [1.82, 2.24) is 9.80 Å². The Hall–Kier alpha value is -1.91. The molecule has 0 bridgehead atoms. The van der Waals surface area contributed by atoms with Crippen LogP contribution in [0.2, 0.25) is 0 Å². The van der Waals surface area contributed by atoms with Crippen molar-refractivity contribution >= 4 is 0 Å². The van der Waals surface area contributed by atoms with E-state index >= 15 is 0 Å². The third-order valence-electron chi connectivity index (χ3n) is 6.99. The smallest absolute Gasteiger partial charge is 0.123 e. The summed E-state index contributed by atoms with van der Waals surface area (Å²) < 4.78 is 19.3. The maximum Gasteiger partial charge on any atom is 0.123 e. The van der Waals surface area contributed by atoms with E-state index in [1.165, 1.54) is 36.1 Å². The van der Waals surface area contributed by atoms with E-state index in [4.69, 9.17) is 4.74 Å². The molecule has 0 atom stereocenters. The Balaban J connectivity index is 1.20. The molecule has 2 aromatic rings. The molecule has 2 aliphatic heterocycles. The second-order valence-electron chi connectivity index (χ2n) is 9.47. The van der Waals surface area contributed by atoms with E-state index in [2.05, 4.69) is 41.8 Å². The van der Waals surface area contributed by atoms with Gasteiger partial charge in [0.05, 0.1) is 6.61 Å². The van der Waals surface area contributed by atoms with Gasteiger partial charge in [-0.3, -0.25) is 4.90 Å². The fourth-order valence-electron chi connectivity index (χ4n) is 5.00. The van der Waals surface area contributed by atoms with Crippen LogP contribution in [0, 0.1) is 5.82 Å². The number of fused-ring (bicyclic) bond motifs is 1. The van der Waals surface area contributed by atoms with Gasteiger partial charge in [-0.1, -0.05) is 18.2 Å². The summed E-state index contributed by atoms with van der Waals surface area (Å²) >= 11 is 0. The summed E-state index contributed by atoms with van der Waals surface area (Å²) in [5.41, 5.74) is 4.20. The molecule has 168 valence electrons. The molecule has 4 rings (SSSR count). The molecule has 0 saturated carbocycles. The summed E-state index contributed by atoms with van der Waals surface area (Å²) in [5, 5.41) is 0. The minimum absolute atomic E-state index is 0.145. The minimum atomic E-state index is -0.145. The van der Waals surface area contributed by atoms with Crippen molar-refractivity contribution in [2.24, 2.45) is 0 Å². The number of hydrogen-bond donors (Lipinski definition) is 0. The zero-order valence-corrected chi connectivity index (χ0v) is 19.2. The van der Waals surface area contributed by atoms with Crippen LogP contribution in [0.5, 0.6) is 5.75 Å². The Labute approximate surface area is 187 Å². The van der Waals surface area contributed by atoms with Gasteiger partial charge in [0.25, 0.3) is 0 Å². The van der Waals surface area contributed by atoms with Crippen LogP contribution in [0.25, 0.3) is 0 Å². The largest absolute Gasteiger partial charge is 0.494 e. The van der Waals surface area contributed by atoms with Gasteiger partial charge in [0.2, 0.25) is 0 Å². The number of benzene rings is 2. The van der Waals surface area contributed by atoms with Gasteiger partial charge < -0.3 is 9.64 Å². The van der Waals surface area contributed by atoms with Crippen molar-refractivity contribution in [2.45, 2.75) is 64.5 Å². The second kappa shape index (κ2) is 10.6. The highest BCUT2D eigenvalue weighted by Crippen LogP contribution is 2.28. The highest BCUT2D eigenvalue weighted by atomic mass is 19.1. The number of ether oxygens (including phenoxy) is 1. The molecule has 0 unspecified atom stereocenters. The summed E-state index contributed by atoms with van der Waals surface area (Å²) in [5.74, 6) is 1.44. The first-order valence-electron chi connectivity index (χ1n) is 12.0. The van der Waals surface area contributed by atoms with Gasteiger partial charge in [-0.2, -0.15) is 0 Å².